The fourth-order valence-corrected chi connectivity index (χ4v) is 1.89. The van der Waals surface area contributed by atoms with Crippen molar-refractivity contribution in [1.82, 2.24) is 9.97 Å². The number of aromatic nitrogens is 2. The van der Waals surface area contributed by atoms with Gasteiger partial charge in [-0.05, 0) is 36.6 Å². The molecule has 1 aromatic heterocycles. The molecule has 0 amide bonds. The molecule has 18 heavy (non-hydrogen) atoms. The van der Waals surface area contributed by atoms with Gasteiger partial charge in [-0.2, -0.15) is 4.98 Å². The maximum Gasteiger partial charge on any atom is 0.225 e. The van der Waals surface area contributed by atoms with Crippen LogP contribution in [0.1, 0.15) is 24.5 Å². The minimum absolute atomic E-state index is 0.158. The van der Waals surface area contributed by atoms with Crippen LogP contribution in [0.5, 0.6) is 11.6 Å². The summed E-state index contributed by atoms with van der Waals surface area (Å²) in [4.78, 5) is 8.13. The molecule has 5 heteroatoms. The maximum atomic E-state index is 13.0. The van der Waals surface area contributed by atoms with Crippen LogP contribution in [-0.4, -0.2) is 9.97 Å². The van der Waals surface area contributed by atoms with Gasteiger partial charge in [-0.3, -0.25) is 0 Å². The Hall–Kier alpha value is -1.68. The molecule has 1 aliphatic rings. The molecule has 92 valence electrons. The number of rotatable bonds is 3. The van der Waals surface area contributed by atoms with Crippen LogP contribution in [0.2, 0.25) is 5.28 Å². The van der Waals surface area contributed by atoms with Crippen molar-refractivity contribution in [3.63, 3.8) is 0 Å². The Kier molecular flexibility index (Phi) is 2.88. The summed E-state index contributed by atoms with van der Waals surface area (Å²) in [5.41, 5.74) is 0.890. The minimum Gasteiger partial charge on any atom is -0.439 e. The van der Waals surface area contributed by atoms with E-state index in [-0.39, 0.29) is 11.1 Å². The van der Waals surface area contributed by atoms with Crippen LogP contribution >= 0.6 is 11.6 Å². The lowest BCUT2D eigenvalue weighted by atomic mass is 10.3. The van der Waals surface area contributed by atoms with Crippen molar-refractivity contribution in [1.29, 1.82) is 0 Å². The summed E-state index contributed by atoms with van der Waals surface area (Å²) in [6, 6.07) is 7.65. The number of ether oxygens (including phenoxy) is 1. The van der Waals surface area contributed by atoms with Crippen LogP contribution in [0.3, 0.4) is 0 Å². The van der Waals surface area contributed by atoms with Crippen LogP contribution in [-0.2, 0) is 0 Å². The van der Waals surface area contributed by atoms with E-state index >= 15 is 0 Å². The lowest BCUT2D eigenvalue weighted by Gasteiger charge is -2.06. The van der Waals surface area contributed by atoms with Crippen molar-refractivity contribution in [2.45, 2.75) is 18.8 Å². The van der Waals surface area contributed by atoms with E-state index in [0.717, 1.165) is 18.5 Å². The van der Waals surface area contributed by atoms with Crippen LogP contribution < -0.4 is 4.74 Å². The van der Waals surface area contributed by atoms with Gasteiger partial charge >= 0.3 is 0 Å². The third-order valence-corrected chi connectivity index (χ3v) is 2.88. The average molecular weight is 265 g/mol. The highest BCUT2D eigenvalue weighted by Gasteiger charge is 2.26. The molecule has 0 atom stereocenters. The first-order chi connectivity index (χ1) is 8.70. The summed E-state index contributed by atoms with van der Waals surface area (Å²) >= 11 is 5.84. The average Bonchev–Trinajstić information content (AvgIpc) is 3.11. The molecule has 1 heterocycles. The topological polar surface area (TPSA) is 35.0 Å². The zero-order valence-corrected chi connectivity index (χ0v) is 10.2. The quantitative estimate of drug-likeness (QED) is 0.788. The molecule has 0 bridgehead atoms. The predicted molar refractivity (Wildman–Crippen MR) is 65.5 cm³/mol. The summed E-state index contributed by atoms with van der Waals surface area (Å²) in [6.07, 6.45) is 2.24. The predicted octanol–water partition coefficient (Wildman–Crippen LogP) is 3.94. The van der Waals surface area contributed by atoms with Gasteiger partial charge in [0, 0.05) is 18.1 Å². The third-order valence-electron chi connectivity index (χ3n) is 2.71. The van der Waals surface area contributed by atoms with Crippen molar-refractivity contribution in [2.24, 2.45) is 0 Å². The van der Waals surface area contributed by atoms with Crippen molar-refractivity contribution >= 4 is 11.6 Å². The highest BCUT2D eigenvalue weighted by Crippen LogP contribution is 2.40. The molecular weight excluding hydrogens is 255 g/mol. The molecular formula is C13H10ClFN2O. The SMILES string of the molecule is Fc1cccc(Oc2cc(C3CC3)nc(Cl)n2)c1. The Balaban J connectivity index is 1.87. The molecule has 0 unspecified atom stereocenters. The molecule has 1 aromatic carbocycles. The lowest BCUT2D eigenvalue weighted by molar-refractivity contribution is 0.455. The summed E-state index contributed by atoms with van der Waals surface area (Å²) in [7, 11) is 0. The summed E-state index contributed by atoms with van der Waals surface area (Å²) < 4.78 is 18.5. The van der Waals surface area contributed by atoms with Gasteiger partial charge in [0.1, 0.15) is 11.6 Å². The van der Waals surface area contributed by atoms with Crippen molar-refractivity contribution in [3.8, 4) is 11.6 Å². The second kappa shape index (κ2) is 4.53. The molecule has 0 radical (unpaired) electrons. The number of halogens is 2. The van der Waals surface area contributed by atoms with E-state index in [1.54, 1.807) is 18.2 Å². The second-order valence-electron chi connectivity index (χ2n) is 4.23. The van der Waals surface area contributed by atoms with Gasteiger partial charge in [0.25, 0.3) is 0 Å². The Morgan fingerprint density at radius 1 is 1.22 bits per heavy atom. The van der Waals surface area contributed by atoms with Gasteiger partial charge in [0.2, 0.25) is 11.2 Å². The lowest BCUT2D eigenvalue weighted by Crippen LogP contribution is -1.95. The van der Waals surface area contributed by atoms with Gasteiger partial charge in [0.15, 0.2) is 0 Å². The first-order valence-electron chi connectivity index (χ1n) is 5.68. The highest BCUT2D eigenvalue weighted by molar-refractivity contribution is 6.28. The number of benzene rings is 1. The zero-order chi connectivity index (χ0) is 12.5. The first-order valence-corrected chi connectivity index (χ1v) is 6.06. The first kappa shape index (κ1) is 11.4. The van der Waals surface area contributed by atoms with Gasteiger partial charge in [-0.1, -0.05) is 6.07 Å². The normalized spacial score (nSPS) is 14.6. The van der Waals surface area contributed by atoms with Crippen molar-refractivity contribution in [3.05, 3.63) is 47.1 Å². The van der Waals surface area contributed by atoms with Crippen molar-refractivity contribution in [2.75, 3.05) is 0 Å². The Morgan fingerprint density at radius 2 is 2.06 bits per heavy atom. The smallest absolute Gasteiger partial charge is 0.225 e. The molecule has 1 saturated carbocycles. The fraction of sp³-hybridized carbons (Fsp3) is 0.231. The van der Waals surface area contributed by atoms with E-state index in [9.17, 15) is 4.39 Å². The van der Waals surface area contributed by atoms with Gasteiger partial charge in [0.05, 0.1) is 5.69 Å². The van der Waals surface area contributed by atoms with E-state index in [4.69, 9.17) is 16.3 Å². The van der Waals surface area contributed by atoms with E-state index in [2.05, 4.69) is 9.97 Å². The van der Waals surface area contributed by atoms with Crippen LogP contribution in [0.4, 0.5) is 4.39 Å². The summed E-state index contributed by atoms with van der Waals surface area (Å²) in [5, 5.41) is 0.158. The van der Waals surface area contributed by atoms with Crippen LogP contribution in [0.25, 0.3) is 0 Å². The second-order valence-corrected chi connectivity index (χ2v) is 4.57. The Labute approximate surface area is 109 Å². The maximum absolute atomic E-state index is 13.0. The van der Waals surface area contributed by atoms with Gasteiger partial charge < -0.3 is 4.74 Å². The van der Waals surface area contributed by atoms with E-state index in [1.807, 2.05) is 0 Å². The molecule has 3 rings (SSSR count). The number of nitrogens with zero attached hydrogens (tertiary/aromatic N) is 2. The largest absolute Gasteiger partial charge is 0.439 e. The Bertz CT molecular complexity index is 587. The number of hydrogen-bond donors (Lipinski definition) is 0. The fourth-order valence-electron chi connectivity index (χ4n) is 1.71. The van der Waals surface area contributed by atoms with Crippen LogP contribution in [0.15, 0.2) is 30.3 Å². The summed E-state index contributed by atoms with van der Waals surface area (Å²) in [6.45, 7) is 0. The Morgan fingerprint density at radius 3 is 2.78 bits per heavy atom. The minimum atomic E-state index is -0.352. The monoisotopic (exact) mass is 264 g/mol. The summed E-state index contributed by atoms with van der Waals surface area (Å²) in [5.74, 6) is 0.851. The van der Waals surface area contributed by atoms with E-state index in [1.165, 1.54) is 12.1 Å². The van der Waals surface area contributed by atoms with E-state index in [0.29, 0.717) is 17.5 Å². The van der Waals surface area contributed by atoms with Crippen LogP contribution in [0, 0.1) is 5.82 Å². The molecule has 1 aliphatic carbocycles. The van der Waals surface area contributed by atoms with E-state index < -0.39 is 0 Å². The molecule has 2 aromatic rings. The molecule has 0 N–H and O–H groups in total. The highest BCUT2D eigenvalue weighted by atomic mass is 35.5. The molecule has 0 spiro atoms. The van der Waals surface area contributed by atoms with Gasteiger partial charge in [-0.25, -0.2) is 9.37 Å². The van der Waals surface area contributed by atoms with Crippen molar-refractivity contribution < 1.29 is 9.13 Å². The number of hydrogen-bond acceptors (Lipinski definition) is 3. The van der Waals surface area contributed by atoms with Gasteiger partial charge in [-0.15, -0.1) is 0 Å². The molecule has 0 aliphatic heterocycles. The molecule has 3 nitrogen and oxygen atoms in total. The molecule has 1 fully saturated rings. The molecule has 0 saturated heterocycles. The zero-order valence-electron chi connectivity index (χ0n) is 9.44. The third kappa shape index (κ3) is 2.59. The standard InChI is InChI=1S/C13H10ClFN2O/c14-13-16-11(8-4-5-8)7-12(17-13)18-10-3-1-2-9(15)6-10/h1-3,6-8H,4-5H2.